The monoisotopic (exact) mass is 443 g/mol. The molecule has 0 aliphatic rings. The summed E-state index contributed by atoms with van der Waals surface area (Å²) in [5.74, 6) is 0. The Hall–Kier alpha value is -1.27. The molecule has 0 radical (unpaired) electrons. The number of benzene rings is 1. The molecule has 0 spiro atoms. The molecule has 2 rings (SSSR count). The van der Waals surface area contributed by atoms with Gasteiger partial charge in [0.25, 0.3) is 5.69 Å². The molecule has 0 fully saturated rings. The van der Waals surface area contributed by atoms with Crippen molar-refractivity contribution in [2.75, 3.05) is 6.54 Å². The van der Waals surface area contributed by atoms with E-state index in [1.165, 1.54) is 4.68 Å². The first-order chi connectivity index (χ1) is 10.7. The Morgan fingerprint density at radius 2 is 2.09 bits per heavy atom. The topological polar surface area (TPSA) is 120 Å². The van der Waals surface area contributed by atoms with Crippen molar-refractivity contribution in [1.29, 1.82) is 0 Å². The molecular formula is C10H8BrCl2N5O4S. The summed E-state index contributed by atoms with van der Waals surface area (Å²) in [4.78, 5) is 9.55. The zero-order valence-electron chi connectivity index (χ0n) is 11.1. The highest BCUT2D eigenvalue weighted by molar-refractivity contribution is 9.10. The zero-order chi connectivity index (χ0) is 17.2. The molecule has 0 aliphatic heterocycles. The molecule has 0 saturated heterocycles. The minimum Gasteiger partial charge on any atom is -0.258 e. The summed E-state index contributed by atoms with van der Waals surface area (Å²) in [5.41, 5.74) is -0.696. The molecular weight excluding hydrogens is 437 g/mol. The highest BCUT2D eigenvalue weighted by Gasteiger charge is 2.29. The molecule has 1 aromatic heterocycles. The average molecular weight is 445 g/mol. The fourth-order valence-electron chi connectivity index (χ4n) is 1.70. The predicted molar refractivity (Wildman–Crippen MR) is 86.0 cm³/mol. The first-order valence-corrected chi connectivity index (χ1v) is 8.92. The van der Waals surface area contributed by atoms with Gasteiger partial charge in [0, 0.05) is 17.6 Å². The summed E-state index contributed by atoms with van der Waals surface area (Å²) in [6.45, 7) is 0.116. The number of hydrogen-bond acceptors (Lipinski definition) is 6. The number of rotatable bonds is 6. The van der Waals surface area contributed by atoms with Gasteiger partial charge < -0.3 is 0 Å². The third kappa shape index (κ3) is 4.38. The number of nitro groups is 1. The molecule has 0 aliphatic carbocycles. The third-order valence-electron chi connectivity index (χ3n) is 2.60. The van der Waals surface area contributed by atoms with Crippen molar-refractivity contribution in [3.63, 3.8) is 0 Å². The highest BCUT2D eigenvalue weighted by atomic mass is 79.9. The van der Waals surface area contributed by atoms with Gasteiger partial charge in [0.15, 0.2) is 4.90 Å². The molecule has 0 atom stereocenters. The molecule has 1 heterocycles. The van der Waals surface area contributed by atoms with Crippen LogP contribution in [-0.4, -0.2) is 34.9 Å². The molecule has 124 valence electrons. The van der Waals surface area contributed by atoms with E-state index in [2.05, 4.69) is 31.0 Å². The fraction of sp³-hybridized carbons (Fsp3) is 0.200. The number of nitrogens with zero attached hydrogens (tertiary/aromatic N) is 4. The molecule has 1 N–H and O–H groups in total. The molecule has 9 nitrogen and oxygen atoms in total. The molecule has 0 bridgehead atoms. The Bertz CT molecular complexity index is 857. The summed E-state index contributed by atoms with van der Waals surface area (Å²) < 4.78 is 28.7. The van der Waals surface area contributed by atoms with Gasteiger partial charge in [-0.2, -0.15) is 0 Å². The van der Waals surface area contributed by atoms with E-state index in [9.17, 15) is 18.5 Å². The number of aromatic nitrogens is 3. The van der Waals surface area contributed by atoms with Crippen LogP contribution < -0.4 is 4.72 Å². The Balaban J connectivity index is 2.24. The quantitative estimate of drug-likeness (QED) is 0.538. The summed E-state index contributed by atoms with van der Waals surface area (Å²) in [6, 6.07) is 2.05. The molecule has 0 saturated carbocycles. The van der Waals surface area contributed by atoms with Gasteiger partial charge in [0.1, 0.15) is 4.60 Å². The first kappa shape index (κ1) is 18.1. The SMILES string of the molecule is O=[N+]([O-])c1cc(Cl)cc(Cl)c1S(=O)(=O)NCCn1cc(Br)nn1. The van der Waals surface area contributed by atoms with Crippen molar-refractivity contribution in [1.82, 2.24) is 19.7 Å². The van der Waals surface area contributed by atoms with E-state index in [1.807, 2.05) is 0 Å². The molecule has 2 aromatic rings. The molecule has 23 heavy (non-hydrogen) atoms. The highest BCUT2D eigenvalue weighted by Crippen LogP contribution is 2.34. The molecule has 13 heteroatoms. The van der Waals surface area contributed by atoms with E-state index < -0.39 is 25.5 Å². The van der Waals surface area contributed by atoms with Crippen LogP contribution in [0.15, 0.2) is 27.8 Å². The van der Waals surface area contributed by atoms with Gasteiger partial charge in [-0.15, -0.1) is 5.10 Å². The average Bonchev–Trinajstić information content (AvgIpc) is 2.82. The molecule has 0 unspecified atom stereocenters. The van der Waals surface area contributed by atoms with Crippen LogP contribution in [0.2, 0.25) is 10.0 Å². The maximum absolute atomic E-state index is 12.3. The van der Waals surface area contributed by atoms with Gasteiger partial charge in [-0.05, 0) is 22.0 Å². The maximum atomic E-state index is 12.3. The van der Waals surface area contributed by atoms with Crippen LogP contribution in [-0.2, 0) is 16.6 Å². The standard InChI is InChI=1S/C10H8BrCl2N5O4S/c11-9-5-17(16-15-9)2-1-14-23(21,22)10-7(13)3-6(12)4-8(10)18(19)20/h3-5,14H,1-2H2. The predicted octanol–water partition coefficient (Wildman–Crippen LogP) is 2.23. The van der Waals surface area contributed by atoms with E-state index in [0.717, 1.165) is 12.1 Å². The lowest BCUT2D eigenvalue weighted by atomic mass is 10.3. The van der Waals surface area contributed by atoms with E-state index in [4.69, 9.17) is 23.2 Å². The van der Waals surface area contributed by atoms with Gasteiger partial charge in [-0.3, -0.25) is 14.8 Å². The lowest BCUT2D eigenvalue weighted by Crippen LogP contribution is -2.28. The van der Waals surface area contributed by atoms with Gasteiger partial charge in [-0.1, -0.05) is 28.4 Å². The van der Waals surface area contributed by atoms with Gasteiger partial charge in [0.05, 0.1) is 22.7 Å². The number of halogens is 3. The van der Waals surface area contributed by atoms with Gasteiger partial charge in [-0.25, -0.2) is 13.1 Å². The lowest BCUT2D eigenvalue weighted by Gasteiger charge is -2.09. The number of sulfonamides is 1. The van der Waals surface area contributed by atoms with Crippen LogP contribution >= 0.6 is 39.1 Å². The fourth-order valence-corrected chi connectivity index (χ4v) is 4.02. The van der Waals surface area contributed by atoms with Crippen molar-refractivity contribution in [3.8, 4) is 0 Å². The van der Waals surface area contributed by atoms with Crippen molar-refractivity contribution < 1.29 is 13.3 Å². The summed E-state index contributed by atoms with van der Waals surface area (Å²) >= 11 is 14.6. The second-order valence-electron chi connectivity index (χ2n) is 4.20. The minimum atomic E-state index is -4.20. The first-order valence-electron chi connectivity index (χ1n) is 5.89. The van der Waals surface area contributed by atoms with Crippen LogP contribution in [0.1, 0.15) is 0 Å². The van der Waals surface area contributed by atoms with E-state index in [1.54, 1.807) is 6.20 Å². The molecule has 1 aromatic carbocycles. The number of hydrogen-bond donors (Lipinski definition) is 1. The minimum absolute atomic E-state index is 0.0342. The van der Waals surface area contributed by atoms with Crippen LogP contribution in [0.4, 0.5) is 5.69 Å². The van der Waals surface area contributed by atoms with Crippen molar-refractivity contribution in [2.24, 2.45) is 0 Å². The van der Waals surface area contributed by atoms with Gasteiger partial charge in [0.2, 0.25) is 10.0 Å². The van der Waals surface area contributed by atoms with E-state index in [-0.39, 0.29) is 23.1 Å². The van der Waals surface area contributed by atoms with Crippen molar-refractivity contribution >= 4 is 54.8 Å². The van der Waals surface area contributed by atoms with E-state index in [0.29, 0.717) is 4.60 Å². The van der Waals surface area contributed by atoms with Crippen LogP contribution in [0.25, 0.3) is 0 Å². The zero-order valence-corrected chi connectivity index (χ0v) is 15.0. The number of nitro benzene ring substituents is 1. The van der Waals surface area contributed by atoms with E-state index >= 15 is 0 Å². The summed E-state index contributed by atoms with van der Waals surface area (Å²) in [5, 5.41) is 18.1. The van der Waals surface area contributed by atoms with Crippen LogP contribution in [0.5, 0.6) is 0 Å². The van der Waals surface area contributed by atoms with Crippen LogP contribution in [0, 0.1) is 10.1 Å². The largest absolute Gasteiger partial charge is 0.292 e. The molecule has 0 amide bonds. The van der Waals surface area contributed by atoms with Crippen molar-refractivity contribution in [3.05, 3.63) is 43.1 Å². The Morgan fingerprint density at radius 3 is 2.65 bits per heavy atom. The summed E-state index contributed by atoms with van der Waals surface area (Å²) in [7, 11) is -4.20. The second kappa shape index (κ2) is 7.09. The Kier molecular flexibility index (Phi) is 5.57. The normalized spacial score (nSPS) is 11.6. The Labute approximate surface area is 148 Å². The van der Waals surface area contributed by atoms with Crippen LogP contribution in [0.3, 0.4) is 0 Å². The third-order valence-corrected chi connectivity index (χ3v) is 5.14. The summed E-state index contributed by atoms with van der Waals surface area (Å²) in [6.07, 6.45) is 1.55. The lowest BCUT2D eigenvalue weighted by molar-refractivity contribution is -0.387. The van der Waals surface area contributed by atoms with Gasteiger partial charge >= 0.3 is 0 Å². The maximum Gasteiger partial charge on any atom is 0.292 e. The smallest absolute Gasteiger partial charge is 0.258 e. The number of nitrogens with one attached hydrogen (secondary N) is 1. The Morgan fingerprint density at radius 1 is 1.39 bits per heavy atom. The second-order valence-corrected chi connectivity index (χ2v) is 7.55. The van der Waals surface area contributed by atoms with Crippen molar-refractivity contribution in [2.45, 2.75) is 11.4 Å².